The van der Waals surface area contributed by atoms with Crippen molar-refractivity contribution in [3.05, 3.63) is 23.3 Å². The molecule has 0 aromatic heterocycles. The number of nitrogens with zero attached hydrogens (tertiary/aromatic N) is 1. The van der Waals surface area contributed by atoms with Crippen molar-refractivity contribution in [2.75, 3.05) is 19.6 Å². The first-order chi connectivity index (χ1) is 13.1. The van der Waals surface area contributed by atoms with Crippen molar-refractivity contribution in [3.8, 4) is 11.5 Å². The Morgan fingerprint density at radius 2 is 1.71 bits per heavy atom. The Bertz CT molecular complexity index is 709. The lowest BCUT2D eigenvalue weighted by Crippen LogP contribution is -2.46. The average Bonchev–Trinajstić information content (AvgIpc) is 2.61. The largest absolute Gasteiger partial charge is 0.508 e. The van der Waals surface area contributed by atoms with E-state index < -0.39 is 12.0 Å². The first-order valence-corrected chi connectivity index (χ1v) is 9.93. The monoisotopic (exact) mass is 392 g/mol. The lowest BCUT2D eigenvalue weighted by Gasteiger charge is -2.33. The average molecular weight is 392 g/mol. The number of phenolic OH excluding ortho intramolecular Hbond substituents is 2. The molecule has 0 aliphatic carbocycles. The lowest BCUT2D eigenvalue weighted by molar-refractivity contribution is -0.140. The molecule has 0 bridgehead atoms. The van der Waals surface area contributed by atoms with Crippen LogP contribution in [-0.2, 0) is 4.79 Å². The molecule has 7 heteroatoms. The normalized spacial score (nSPS) is 16.6. The SMILES string of the molecule is CC(C)c1cc(C(=O)N2CCC(CN[C@H](C(=O)O)C(C)C)CC2)c(O)cc1O. The highest BCUT2D eigenvalue weighted by molar-refractivity contribution is 5.97. The molecule has 2 rings (SSSR count). The second-order valence-electron chi connectivity index (χ2n) is 8.29. The van der Waals surface area contributed by atoms with Gasteiger partial charge in [-0.25, -0.2) is 0 Å². The van der Waals surface area contributed by atoms with E-state index in [1.54, 1.807) is 11.0 Å². The Morgan fingerprint density at radius 3 is 2.21 bits per heavy atom. The van der Waals surface area contributed by atoms with Gasteiger partial charge in [0.05, 0.1) is 5.56 Å². The zero-order chi connectivity index (χ0) is 21.0. The maximum absolute atomic E-state index is 12.8. The molecule has 28 heavy (non-hydrogen) atoms. The van der Waals surface area contributed by atoms with E-state index in [0.29, 0.717) is 31.1 Å². The maximum Gasteiger partial charge on any atom is 0.320 e. The van der Waals surface area contributed by atoms with Crippen LogP contribution < -0.4 is 5.32 Å². The van der Waals surface area contributed by atoms with Gasteiger partial charge in [0, 0.05) is 19.2 Å². The van der Waals surface area contributed by atoms with E-state index in [4.69, 9.17) is 0 Å². The van der Waals surface area contributed by atoms with E-state index in [9.17, 15) is 24.9 Å². The molecule has 4 N–H and O–H groups in total. The van der Waals surface area contributed by atoms with Crippen molar-refractivity contribution in [3.63, 3.8) is 0 Å². The van der Waals surface area contributed by atoms with Crippen LogP contribution in [0.4, 0.5) is 0 Å². The number of phenols is 2. The number of carboxylic acids is 1. The number of benzene rings is 1. The van der Waals surface area contributed by atoms with Crippen LogP contribution >= 0.6 is 0 Å². The molecule has 0 spiro atoms. The summed E-state index contributed by atoms with van der Waals surface area (Å²) in [5.41, 5.74) is 0.845. The summed E-state index contributed by atoms with van der Waals surface area (Å²) in [6.07, 6.45) is 1.55. The van der Waals surface area contributed by atoms with Crippen LogP contribution in [-0.4, -0.2) is 57.8 Å². The standard InChI is InChI=1S/C21H32N2O5/c1-12(2)15-9-16(18(25)10-17(15)24)20(26)23-7-5-14(6-8-23)11-22-19(13(3)4)21(27)28/h9-10,12-14,19,22,24-25H,5-8,11H2,1-4H3,(H,27,28)/t19-/m0/s1. The summed E-state index contributed by atoms with van der Waals surface area (Å²) in [6, 6.07) is 2.24. The smallest absolute Gasteiger partial charge is 0.320 e. The summed E-state index contributed by atoms with van der Waals surface area (Å²) < 4.78 is 0. The number of nitrogens with one attached hydrogen (secondary N) is 1. The van der Waals surface area contributed by atoms with Crippen LogP contribution in [0, 0.1) is 11.8 Å². The molecule has 1 atom stereocenters. The van der Waals surface area contributed by atoms with E-state index in [-0.39, 0.29) is 34.8 Å². The fraction of sp³-hybridized carbons (Fsp3) is 0.619. The Balaban J connectivity index is 1.97. The van der Waals surface area contributed by atoms with Gasteiger partial charge in [-0.3, -0.25) is 9.59 Å². The van der Waals surface area contributed by atoms with Crippen molar-refractivity contribution >= 4 is 11.9 Å². The van der Waals surface area contributed by atoms with Gasteiger partial charge < -0.3 is 25.5 Å². The third-order valence-electron chi connectivity index (χ3n) is 5.46. The van der Waals surface area contributed by atoms with Gasteiger partial charge in [0.15, 0.2) is 0 Å². The first kappa shape index (κ1) is 22.0. The van der Waals surface area contributed by atoms with Crippen molar-refractivity contribution in [2.24, 2.45) is 11.8 Å². The van der Waals surface area contributed by atoms with E-state index >= 15 is 0 Å². The highest BCUT2D eigenvalue weighted by Crippen LogP contribution is 2.33. The van der Waals surface area contributed by atoms with Crippen molar-refractivity contribution in [2.45, 2.75) is 52.5 Å². The highest BCUT2D eigenvalue weighted by atomic mass is 16.4. The molecule has 1 heterocycles. The van der Waals surface area contributed by atoms with E-state index in [0.717, 1.165) is 12.8 Å². The predicted octanol–water partition coefficient (Wildman–Crippen LogP) is 2.77. The fourth-order valence-corrected chi connectivity index (χ4v) is 3.64. The van der Waals surface area contributed by atoms with Crippen molar-refractivity contribution in [1.82, 2.24) is 10.2 Å². The first-order valence-electron chi connectivity index (χ1n) is 9.93. The van der Waals surface area contributed by atoms with Crippen LogP contribution in [0.5, 0.6) is 11.5 Å². The minimum absolute atomic E-state index is 0.00629. The van der Waals surface area contributed by atoms with Gasteiger partial charge in [-0.05, 0) is 48.8 Å². The number of hydrogen-bond acceptors (Lipinski definition) is 5. The summed E-state index contributed by atoms with van der Waals surface area (Å²) in [5.74, 6) is -0.949. The zero-order valence-corrected chi connectivity index (χ0v) is 17.1. The zero-order valence-electron chi connectivity index (χ0n) is 17.1. The van der Waals surface area contributed by atoms with Gasteiger partial charge in [0.1, 0.15) is 17.5 Å². The molecule has 0 radical (unpaired) electrons. The Hall–Kier alpha value is -2.28. The number of hydrogen-bond donors (Lipinski definition) is 4. The van der Waals surface area contributed by atoms with Gasteiger partial charge in [-0.2, -0.15) is 0 Å². The highest BCUT2D eigenvalue weighted by Gasteiger charge is 2.28. The van der Waals surface area contributed by atoms with Gasteiger partial charge in [-0.15, -0.1) is 0 Å². The van der Waals surface area contributed by atoms with Gasteiger partial charge in [0.2, 0.25) is 0 Å². The molecule has 0 unspecified atom stereocenters. The number of rotatable bonds is 7. The lowest BCUT2D eigenvalue weighted by atomic mass is 9.94. The van der Waals surface area contributed by atoms with Crippen molar-refractivity contribution in [1.29, 1.82) is 0 Å². The second kappa shape index (κ2) is 9.28. The fourth-order valence-electron chi connectivity index (χ4n) is 3.64. The third-order valence-corrected chi connectivity index (χ3v) is 5.46. The molecule has 156 valence electrons. The molecule has 0 saturated carbocycles. The number of carboxylic acid groups (broad SMARTS) is 1. The molecule has 1 aliphatic heterocycles. The van der Waals surface area contributed by atoms with E-state index in [1.165, 1.54) is 6.07 Å². The summed E-state index contributed by atoms with van der Waals surface area (Å²) in [4.78, 5) is 25.8. The Kier molecular flexibility index (Phi) is 7.29. The number of carbonyl (C=O) groups excluding carboxylic acids is 1. The molecule has 1 aromatic rings. The van der Waals surface area contributed by atoms with E-state index in [1.807, 2.05) is 27.7 Å². The molecule has 1 aromatic carbocycles. The molecule has 7 nitrogen and oxygen atoms in total. The maximum atomic E-state index is 12.8. The van der Waals surface area contributed by atoms with Crippen molar-refractivity contribution < 1.29 is 24.9 Å². The van der Waals surface area contributed by atoms with Crippen LogP contribution in [0.3, 0.4) is 0 Å². The summed E-state index contributed by atoms with van der Waals surface area (Å²) in [5, 5.41) is 32.5. The quantitative estimate of drug-likeness (QED) is 0.568. The Morgan fingerprint density at radius 1 is 1.11 bits per heavy atom. The number of aliphatic carboxylic acids is 1. The predicted molar refractivity (Wildman–Crippen MR) is 107 cm³/mol. The van der Waals surface area contributed by atoms with Crippen LogP contribution in [0.25, 0.3) is 0 Å². The second-order valence-corrected chi connectivity index (χ2v) is 8.29. The molecule has 1 aliphatic rings. The number of carbonyl (C=O) groups is 2. The molecular weight excluding hydrogens is 360 g/mol. The van der Waals surface area contributed by atoms with Gasteiger partial charge in [-0.1, -0.05) is 27.7 Å². The summed E-state index contributed by atoms with van der Waals surface area (Å²) in [6.45, 7) is 9.31. The minimum Gasteiger partial charge on any atom is -0.508 e. The van der Waals surface area contributed by atoms with Gasteiger partial charge >= 0.3 is 5.97 Å². The topological polar surface area (TPSA) is 110 Å². The van der Waals surface area contributed by atoms with Crippen LogP contribution in [0.2, 0.25) is 0 Å². The van der Waals surface area contributed by atoms with Crippen LogP contribution in [0.1, 0.15) is 62.4 Å². The Labute approximate surface area is 166 Å². The summed E-state index contributed by atoms with van der Waals surface area (Å²) >= 11 is 0. The summed E-state index contributed by atoms with van der Waals surface area (Å²) in [7, 11) is 0. The molecular formula is C21H32N2O5. The molecule has 1 saturated heterocycles. The van der Waals surface area contributed by atoms with E-state index in [2.05, 4.69) is 5.32 Å². The van der Waals surface area contributed by atoms with Gasteiger partial charge in [0.25, 0.3) is 5.91 Å². The number of amides is 1. The number of likely N-dealkylation sites (tertiary alicyclic amines) is 1. The number of aromatic hydroxyl groups is 2. The molecule has 1 fully saturated rings. The minimum atomic E-state index is -0.841. The third kappa shape index (κ3) is 5.16. The molecule has 1 amide bonds. The number of piperidine rings is 1. The van der Waals surface area contributed by atoms with Crippen LogP contribution in [0.15, 0.2) is 12.1 Å².